The van der Waals surface area contributed by atoms with Crippen LogP contribution in [0.15, 0.2) is 18.5 Å². The topological polar surface area (TPSA) is 61.9 Å². The molecule has 90 valence electrons. The van der Waals surface area contributed by atoms with E-state index in [-0.39, 0.29) is 17.8 Å². The number of aromatic amines is 1. The molecule has 0 radical (unpaired) electrons. The number of rotatable bonds is 3. The second-order valence-corrected chi connectivity index (χ2v) is 5.19. The van der Waals surface area contributed by atoms with E-state index in [1.54, 1.807) is 23.3 Å². The van der Waals surface area contributed by atoms with E-state index in [1.807, 2.05) is 6.92 Å². The predicted octanol–water partition coefficient (Wildman–Crippen LogP) is 2.01. The van der Waals surface area contributed by atoms with Crippen molar-refractivity contribution in [3.05, 3.63) is 34.0 Å². The van der Waals surface area contributed by atoms with Gasteiger partial charge >= 0.3 is 0 Å². The molecule has 2 aromatic heterocycles. The Labute approximate surface area is 103 Å². The quantitative estimate of drug-likeness (QED) is 0.906. The van der Waals surface area contributed by atoms with Crippen molar-refractivity contribution in [2.75, 3.05) is 7.05 Å². The molecule has 2 rings (SSSR count). The minimum atomic E-state index is -0.152. The Bertz CT molecular complexity index is 505. The van der Waals surface area contributed by atoms with Gasteiger partial charge in [-0.05, 0) is 26.0 Å². The monoisotopic (exact) mass is 250 g/mol. The molecule has 17 heavy (non-hydrogen) atoms. The lowest BCUT2D eigenvalue weighted by molar-refractivity contribution is 0.0733. The van der Waals surface area contributed by atoms with Gasteiger partial charge in [-0.2, -0.15) is 5.10 Å². The highest BCUT2D eigenvalue weighted by Gasteiger charge is 2.21. The molecule has 0 spiro atoms. The lowest BCUT2D eigenvalue weighted by atomic mass is 10.2. The van der Waals surface area contributed by atoms with E-state index >= 15 is 0 Å². The van der Waals surface area contributed by atoms with Crippen LogP contribution in [0.2, 0.25) is 0 Å². The molecule has 2 aromatic rings. The standard InChI is InChI=1S/C11H14N4OS/c1-7-4-5-9(17-7)8(2)15(3)11(16)10-12-6-13-14-10/h4-6,8H,1-3H3,(H,12,13,14). The molecule has 6 heteroatoms. The summed E-state index contributed by atoms with van der Waals surface area (Å²) in [5, 5.41) is 6.26. The highest BCUT2D eigenvalue weighted by molar-refractivity contribution is 7.12. The molecule has 5 nitrogen and oxygen atoms in total. The lowest BCUT2D eigenvalue weighted by Gasteiger charge is -2.22. The van der Waals surface area contributed by atoms with Crippen LogP contribution in [0, 0.1) is 6.92 Å². The number of aryl methyl sites for hydroxylation is 1. The number of thiophene rings is 1. The lowest BCUT2D eigenvalue weighted by Crippen LogP contribution is -2.30. The first-order chi connectivity index (χ1) is 8.09. The van der Waals surface area contributed by atoms with Crippen molar-refractivity contribution in [1.29, 1.82) is 0 Å². The molecule has 1 amide bonds. The molecule has 0 aliphatic carbocycles. The van der Waals surface area contributed by atoms with Crippen LogP contribution in [0.5, 0.6) is 0 Å². The van der Waals surface area contributed by atoms with Gasteiger partial charge in [-0.3, -0.25) is 9.89 Å². The molecule has 0 aromatic carbocycles. The van der Waals surface area contributed by atoms with Gasteiger partial charge in [-0.1, -0.05) is 0 Å². The molecular formula is C11H14N4OS. The molecule has 1 atom stereocenters. The van der Waals surface area contributed by atoms with E-state index in [2.05, 4.69) is 34.2 Å². The summed E-state index contributed by atoms with van der Waals surface area (Å²) in [6.07, 6.45) is 1.33. The zero-order chi connectivity index (χ0) is 12.4. The number of amides is 1. The predicted molar refractivity (Wildman–Crippen MR) is 65.9 cm³/mol. The average Bonchev–Trinajstić information content (AvgIpc) is 2.96. The molecule has 0 aliphatic heterocycles. The number of nitrogens with zero attached hydrogens (tertiary/aromatic N) is 3. The van der Waals surface area contributed by atoms with Gasteiger partial charge in [0.25, 0.3) is 5.91 Å². The molecular weight excluding hydrogens is 236 g/mol. The summed E-state index contributed by atoms with van der Waals surface area (Å²) in [7, 11) is 1.77. The molecule has 0 saturated heterocycles. The number of nitrogens with one attached hydrogen (secondary N) is 1. The largest absolute Gasteiger partial charge is 0.331 e. The van der Waals surface area contributed by atoms with Crippen LogP contribution in [0.4, 0.5) is 0 Å². The van der Waals surface area contributed by atoms with Crippen LogP contribution < -0.4 is 0 Å². The Morgan fingerprint density at radius 2 is 2.29 bits per heavy atom. The maximum atomic E-state index is 12.0. The molecule has 1 unspecified atom stereocenters. The second kappa shape index (κ2) is 4.67. The van der Waals surface area contributed by atoms with Crippen molar-refractivity contribution in [2.24, 2.45) is 0 Å². The number of hydrogen-bond donors (Lipinski definition) is 1. The second-order valence-electron chi connectivity index (χ2n) is 3.87. The van der Waals surface area contributed by atoms with Crippen molar-refractivity contribution in [2.45, 2.75) is 19.9 Å². The number of aromatic nitrogens is 3. The van der Waals surface area contributed by atoms with E-state index in [9.17, 15) is 4.79 Å². The highest BCUT2D eigenvalue weighted by Crippen LogP contribution is 2.26. The number of carbonyl (C=O) groups excluding carboxylic acids is 1. The van der Waals surface area contributed by atoms with Crippen LogP contribution >= 0.6 is 11.3 Å². The van der Waals surface area contributed by atoms with E-state index in [0.29, 0.717) is 0 Å². The van der Waals surface area contributed by atoms with Crippen LogP contribution in [0.1, 0.15) is 33.3 Å². The molecule has 2 heterocycles. The number of carbonyl (C=O) groups is 1. The first kappa shape index (κ1) is 11.8. The zero-order valence-electron chi connectivity index (χ0n) is 9.97. The summed E-state index contributed by atoms with van der Waals surface area (Å²) < 4.78 is 0. The van der Waals surface area contributed by atoms with Crippen molar-refractivity contribution in [3.8, 4) is 0 Å². The maximum Gasteiger partial charge on any atom is 0.291 e. The van der Waals surface area contributed by atoms with Crippen LogP contribution in [0.25, 0.3) is 0 Å². The van der Waals surface area contributed by atoms with Crippen molar-refractivity contribution < 1.29 is 4.79 Å². The summed E-state index contributed by atoms with van der Waals surface area (Å²) in [5.74, 6) is 0.119. The van der Waals surface area contributed by atoms with Gasteiger partial charge in [0.05, 0.1) is 6.04 Å². The van der Waals surface area contributed by atoms with Crippen LogP contribution in [-0.4, -0.2) is 33.0 Å². The fourth-order valence-corrected chi connectivity index (χ4v) is 2.49. The fraction of sp³-hybridized carbons (Fsp3) is 0.364. The molecule has 1 N–H and O–H groups in total. The summed E-state index contributed by atoms with van der Waals surface area (Å²) in [6, 6.07) is 4.14. The minimum Gasteiger partial charge on any atom is -0.331 e. The Morgan fingerprint density at radius 1 is 1.53 bits per heavy atom. The molecule has 0 aliphatic rings. The van der Waals surface area contributed by atoms with Crippen LogP contribution in [0.3, 0.4) is 0 Å². The zero-order valence-corrected chi connectivity index (χ0v) is 10.8. The Balaban J connectivity index is 2.15. The first-order valence-corrected chi connectivity index (χ1v) is 6.10. The fourth-order valence-electron chi connectivity index (χ4n) is 1.52. The number of hydrogen-bond acceptors (Lipinski definition) is 4. The maximum absolute atomic E-state index is 12.0. The normalized spacial score (nSPS) is 12.4. The number of H-pyrrole nitrogens is 1. The van der Waals surface area contributed by atoms with E-state index < -0.39 is 0 Å². The summed E-state index contributed by atoms with van der Waals surface area (Å²) in [4.78, 5) is 20.0. The Morgan fingerprint density at radius 3 is 2.82 bits per heavy atom. The van der Waals surface area contributed by atoms with Gasteiger partial charge < -0.3 is 4.90 Å². The van der Waals surface area contributed by atoms with Gasteiger partial charge in [0.1, 0.15) is 6.33 Å². The van der Waals surface area contributed by atoms with Crippen LogP contribution in [-0.2, 0) is 0 Å². The van der Waals surface area contributed by atoms with Crippen molar-refractivity contribution in [3.63, 3.8) is 0 Å². The van der Waals surface area contributed by atoms with E-state index in [1.165, 1.54) is 11.2 Å². The Kier molecular flexibility index (Phi) is 3.23. The summed E-state index contributed by atoms with van der Waals surface area (Å²) in [6.45, 7) is 4.05. The van der Waals surface area contributed by atoms with E-state index in [4.69, 9.17) is 0 Å². The average molecular weight is 250 g/mol. The van der Waals surface area contributed by atoms with Gasteiger partial charge in [0.15, 0.2) is 0 Å². The van der Waals surface area contributed by atoms with Gasteiger partial charge in [-0.25, -0.2) is 4.98 Å². The smallest absolute Gasteiger partial charge is 0.291 e. The van der Waals surface area contributed by atoms with Crippen molar-refractivity contribution >= 4 is 17.2 Å². The third-order valence-corrected chi connectivity index (χ3v) is 3.86. The van der Waals surface area contributed by atoms with E-state index in [0.717, 1.165) is 4.88 Å². The third-order valence-electron chi connectivity index (χ3n) is 2.69. The minimum absolute atomic E-state index is 0.0336. The highest BCUT2D eigenvalue weighted by atomic mass is 32.1. The molecule has 0 saturated carbocycles. The molecule has 0 fully saturated rings. The third kappa shape index (κ3) is 2.36. The van der Waals surface area contributed by atoms with Gasteiger partial charge in [0, 0.05) is 16.8 Å². The van der Waals surface area contributed by atoms with Crippen molar-refractivity contribution in [1.82, 2.24) is 20.1 Å². The van der Waals surface area contributed by atoms with Gasteiger partial charge in [-0.15, -0.1) is 11.3 Å². The first-order valence-electron chi connectivity index (χ1n) is 5.28. The summed E-state index contributed by atoms with van der Waals surface area (Å²) in [5.41, 5.74) is 0. The van der Waals surface area contributed by atoms with Gasteiger partial charge in [0.2, 0.25) is 5.82 Å². The Hall–Kier alpha value is -1.69. The SMILES string of the molecule is Cc1ccc(C(C)N(C)C(=O)c2ncn[nH]2)s1. The molecule has 0 bridgehead atoms. The summed E-state index contributed by atoms with van der Waals surface area (Å²) >= 11 is 1.70.